The molecule has 0 aliphatic carbocycles. The van der Waals surface area contributed by atoms with E-state index in [0.29, 0.717) is 6.54 Å². The van der Waals surface area contributed by atoms with E-state index in [1.807, 2.05) is 13.0 Å². The van der Waals surface area contributed by atoms with E-state index in [1.54, 1.807) is 0 Å². The lowest BCUT2D eigenvalue weighted by Gasteiger charge is -2.30. The van der Waals surface area contributed by atoms with Gasteiger partial charge in [-0.3, -0.25) is 4.79 Å². The fraction of sp³-hybridized carbons (Fsp3) is 0.588. The monoisotopic (exact) mass is 289 g/mol. The Morgan fingerprint density at radius 1 is 1.29 bits per heavy atom. The summed E-state index contributed by atoms with van der Waals surface area (Å²) in [5, 5.41) is 2.97. The van der Waals surface area contributed by atoms with Crippen molar-refractivity contribution in [3.8, 4) is 0 Å². The molecule has 1 aliphatic rings. The highest BCUT2D eigenvalue weighted by atomic mass is 16.2. The summed E-state index contributed by atoms with van der Waals surface area (Å²) in [6, 6.07) is 7.95. The molecule has 1 aromatic rings. The Morgan fingerprint density at radius 3 is 2.71 bits per heavy atom. The number of benzene rings is 1. The summed E-state index contributed by atoms with van der Waals surface area (Å²) in [7, 11) is 0. The second kappa shape index (κ2) is 8.03. The number of nitrogens with two attached hydrogens (primary N) is 1. The molecule has 2 rings (SSSR count). The average Bonchev–Trinajstić information content (AvgIpc) is 2.54. The Balaban J connectivity index is 1.98. The first-order valence-electron chi connectivity index (χ1n) is 8.08. The summed E-state index contributed by atoms with van der Waals surface area (Å²) in [5.74, 6) is -0.0507. The molecule has 1 aliphatic heterocycles. The Hall–Kier alpha value is -1.55. The number of rotatable bonds is 6. The van der Waals surface area contributed by atoms with Crippen LogP contribution in [-0.4, -0.2) is 25.0 Å². The topological polar surface area (TPSA) is 58.4 Å². The minimum Gasteiger partial charge on any atom is -0.371 e. The molecule has 0 radical (unpaired) electrons. The van der Waals surface area contributed by atoms with Crippen molar-refractivity contribution in [3.63, 3.8) is 0 Å². The van der Waals surface area contributed by atoms with E-state index in [-0.39, 0.29) is 5.91 Å². The number of hydrogen-bond acceptors (Lipinski definition) is 3. The number of hydrogen-bond donors (Lipinski definition) is 2. The molecule has 4 nitrogen and oxygen atoms in total. The lowest BCUT2D eigenvalue weighted by Crippen LogP contribution is -2.40. The van der Waals surface area contributed by atoms with Gasteiger partial charge >= 0.3 is 0 Å². The molecule has 116 valence electrons. The summed E-state index contributed by atoms with van der Waals surface area (Å²) >= 11 is 0. The maximum Gasteiger partial charge on any atom is 0.237 e. The van der Waals surface area contributed by atoms with Gasteiger partial charge in [-0.05, 0) is 37.3 Å². The summed E-state index contributed by atoms with van der Waals surface area (Å²) in [5.41, 5.74) is 8.28. The van der Waals surface area contributed by atoms with E-state index in [0.717, 1.165) is 25.9 Å². The van der Waals surface area contributed by atoms with Gasteiger partial charge in [-0.2, -0.15) is 0 Å². The fourth-order valence-corrected chi connectivity index (χ4v) is 2.86. The van der Waals surface area contributed by atoms with E-state index >= 15 is 0 Å². The molecule has 0 bridgehead atoms. The quantitative estimate of drug-likeness (QED) is 0.845. The SMILES string of the molecule is CCCC(N)C(=O)NCc1ccccc1N1CCCCC1. The summed E-state index contributed by atoms with van der Waals surface area (Å²) < 4.78 is 0. The van der Waals surface area contributed by atoms with Crippen LogP contribution in [0.25, 0.3) is 0 Å². The van der Waals surface area contributed by atoms with Crippen molar-refractivity contribution < 1.29 is 4.79 Å². The number of piperidine rings is 1. The van der Waals surface area contributed by atoms with Crippen LogP contribution < -0.4 is 16.0 Å². The molecule has 0 spiro atoms. The van der Waals surface area contributed by atoms with Crippen molar-refractivity contribution in [1.82, 2.24) is 5.32 Å². The average molecular weight is 289 g/mol. The first-order valence-corrected chi connectivity index (χ1v) is 8.08. The van der Waals surface area contributed by atoms with E-state index in [2.05, 4.69) is 28.4 Å². The maximum atomic E-state index is 11.9. The van der Waals surface area contributed by atoms with Crippen LogP contribution in [-0.2, 0) is 11.3 Å². The molecular formula is C17H27N3O. The first-order chi connectivity index (χ1) is 10.2. The van der Waals surface area contributed by atoms with Crippen LogP contribution in [0.5, 0.6) is 0 Å². The largest absolute Gasteiger partial charge is 0.371 e. The standard InChI is InChI=1S/C17H27N3O/c1-2-8-15(18)17(21)19-13-14-9-4-5-10-16(14)20-11-6-3-7-12-20/h4-5,9-10,15H,2-3,6-8,11-13,18H2,1H3,(H,19,21). The molecule has 1 fully saturated rings. The zero-order chi connectivity index (χ0) is 15.1. The number of nitrogens with one attached hydrogen (secondary N) is 1. The van der Waals surface area contributed by atoms with Gasteiger partial charge in [-0.15, -0.1) is 0 Å². The third-order valence-corrected chi connectivity index (χ3v) is 4.08. The van der Waals surface area contributed by atoms with Crippen LogP contribution in [0, 0.1) is 0 Å². The smallest absolute Gasteiger partial charge is 0.237 e. The van der Waals surface area contributed by atoms with Gasteiger partial charge in [0.1, 0.15) is 0 Å². The van der Waals surface area contributed by atoms with Gasteiger partial charge in [-0.1, -0.05) is 31.5 Å². The van der Waals surface area contributed by atoms with Crippen LogP contribution in [0.1, 0.15) is 44.6 Å². The van der Waals surface area contributed by atoms with E-state index < -0.39 is 6.04 Å². The molecule has 0 saturated carbocycles. The summed E-state index contributed by atoms with van der Waals surface area (Å²) in [4.78, 5) is 14.4. The zero-order valence-electron chi connectivity index (χ0n) is 13.0. The van der Waals surface area contributed by atoms with Gasteiger partial charge < -0.3 is 16.0 Å². The highest BCUT2D eigenvalue weighted by Gasteiger charge is 2.16. The lowest BCUT2D eigenvalue weighted by molar-refractivity contribution is -0.122. The van der Waals surface area contributed by atoms with Crippen molar-refractivity contribution in [2.75, 3.05) is 18.0 Å². The van der Waals surface area contributed by atoms with E-state index in [1.165, 1.54) is 30.5 Å². The van der Waals surface area contributed by atoms with Crippen LogP contribution in [0.15, 0.2) is 24.3 Å². The molecule has 3 N–H and O–H groups in total. The zero-order valence-corrected chi connectivity index (χ0v) is 13.0. The van der Waals surface area contributed by atoms with Gasteiger partial charge in [0.25, 0.3) is 0 Å². The molecule has 1 amide bonds. The number of nitrogens with zero attached hydrogens (tertiary/aromatic N) is 1. The highest BCUT2D eigenvalue weighted by molar-refractivity contribution is 5.81. The van der Waals surface area contributed by atoms with Gasteiger partial charge in [0.2, 0.25) is 5.91 Å². The van der Waals surface area contributed by atoms with Gasteiger partial charge in [0.05, 0.1) is 6.04 Å². The Labute approximate surface area is 127 Å². The Bertz CT molecular complexity index is 455. The maximum absolute atomic E-state index is 11.9. The minimum absolute atomic E-state index is 0.0507. The predicted molar refractivity (Wildman–Crippen MR) is 87.2 cm³/mol. The third kappa shape index (κ3) is 4.46. The van der Waals surface area contributed by atoms with E-state index in [4.69, 9.17) is 5.73 Å². The second-order valence-electron chi connectivity index (χ2n) is 5.79. The Morgan fingerprint density at radius 2 is 2.00 bits per heavy atom. The van der Waals surface area contributed by atoms with Crippen molar-refractivity contribution in [1.29, 1.82) is 0 Å². The first kappa shape index (κ1) is 15.8. The number of carbonyl (C=O) groups excluding carboxylic acids is 1. The molecule has 1 heterocycles. The van der Waals surface area contributed by atoms with Crippen molar-refractivity contribution in [3.05, 3.63) is 29.8 Å². The Kier molecular flexibility index (Phi) is 6.05. The number of para-hydroxylation sites is 1. The molecular weight excluding hydrogens is 262 g/mol. The van der Waals surface area contributed by atoms with Gasteiger partial charge in [-0.25, -0.2) is 0 Å². The molecule has 1 unspecified atom stereocenters. The molecule has 1 atom stereocenters. The molecule has 0 aromatic heterocycles. The number of carbonyl (C=O) groups is 1. The van der Waals surface area contributed by atoms with Crippen LogP contribution >= 0.6 is 0 Å². The lowest BCUT2D eigenvalue weighted by atomic mass is 10.1. The third-order valence-electron chi connectivity index (χ3n) is 4.08. The van der Waals surface area contributed by atoms with Crippen LogP contribution in [0.2, 0.25) is 0 Å². The molecule has 1 aromatic carbocycles. The van der Waals surface area contributed by atoms with Crippen LogP contribution in [0.3, 0.4) is 0 Å². The van der Waals surface area contributed by atoms with Crippen molar-refractivity contribution in [2.45, 2.75) is 51.6 Å². The van der Waals surface area contributed by atoms with Gasteiger partial charge in [0.15, 0.2) is 0 Å². The van der Waals surface area contributed by atoms with Crippen LogP contribution in [0.4, 0.5) is 5.69 Å². The van der Waals surface area contributed by atoms with Crippen molar-refractivity contribution in [2.24, 2.45) is 5.73 Å². The van der Waals surface area contributed by atoms with E-state index in [9.17, 15) is 4.79 Å². The number of anilines is 1. The molecule has 1 saturated heterocycles. The second-order valence-corrected chi connectivity index (χ2v) is 5.79. The van der Waals surface area contributed by atoms with Gasteiger partial charge in [0, 0.05) is 25.3 Å². The van der Waals surface area contributed by atoms with Crippen molar-refractivity contribution >= 4 is 11.6 Å². The molecule has 21 heavy (non-hydrogen) atoms. The minimum atomic E-state index is -0.392. The normalized spacial score (nSPS) is 16.6. The predicted octanol–water partition coefficient (Wildman–Crippen LogP) is 2.42. The summed E-state index contributed by atoms with van der Waals surface area (Å²) in [6.45, 7) is 4.82. The highest BCUT2D eigenvalue weighted by Crippen LogP contribution is 2.23. The number of amides is 1. The summed E-state index contributed by atoms with van der Waals surface area (Å²) in [6.07, 6.45) is 5.49. The molecule has 4 heteroatoms. The fourth-order valence-electron chi connectivity index (χ4n) is 2.86.